The number of rotatable bonds is 5. The first-order chi connectivity index (χ1) is 29.2. The van der Waals surface area contributed by atoms with Crippen LogP contribution in [0.25, 0.3) is 116 Å². The highest BCUT2D eigenvalue weighted by molar-refractivity contribution is 6.29. The maximum Gasteiger partial charge on any atom is 0.160 e. The topological polar surface area (TPSA) is 30.7 Å². The third-order valence-electron chi connectivity index (χ3n) is 12.0. The summed E-state index contributed by atoms with van der Waals surface area (Å²) < 4.78 is 2.43. The van der Waals surface area contributed by atoms with E-state index in [9.17, 15) is 0 Å². The number of hydrogen-bond acceptors (Lipinski definition) is 2. The third-order valence-corrected chi connectivity index (χ3v) is 12.0. The molecule has 0 saturated heterocycles. The van der Waals surface area contributed by atoms with Crippen LogP contribution in [0.5, 0.6) is 0 Å². The highest BCUT2D eigenvalue weighted by Crippen LogP contribution is 2.43. The van der Waals surface area contributed by atoms with Crippen molar-refractivity contribution in [2.24, 2.45) is 0 Å². The summed E-state index contributed by atoms with van der Waals surface area (Å²) in [5, 5.41) is 12.3. The van der Waals surface area contributed by atoms with E-state index in [2.05, 4.69) is 193 Å². The van der Waals surface area contributed by atoms with Crippen LogP contribution < -0.4 is 0 Å². The molecule has 0 amide bonds. The van der Waals surface area contributed by atoms with E-state index in [0.717, 1.165) is 33.8 Å². The second-order valence-electron chi connectivity index (χ2n) is 15.3. The molecule has 274 valence electrons. The van der Waals surface area contributed by atoms with E-state index in [1.54, 1.807) is 0 Å². The summed E-state index contributed by atoms with van der Waals surface area (Å²) in [4.78, 5) is 10.3. The normalized spacial score (nSPS) is 11.7. The first kappa shape index (κ1) is 33.3. The first-order valence-corrected chi connectivity index (χ1v) is 20.2. The van der Waals surface area contributed by atoms with Crippen molar-refractivity contribution in [3.8, 4) is 50.7 Å². The zero-order valence-corrected chi connectivity index (χ0v) is 32.0. The predicted molar refractivity (Wildman–Crippen MR) is 248 cm³/mol. The predicted octanol–water partition coefficient (Wildman–Crippen LogP) is 14.9. The van der Waals surface area contributed by atoms with Crippen molar-refractivity contribution in [1.82, 2.24) is 14.5 Å². The molecule has 0 radical (unpaired) electrons. The molecule has 3 nitrogen and oxygen atoms in total. The second-order valence-corrected chi connectivity index (χ2v) is 15.3. The van der Waals surface area contributed by atoms with Crippen molar-refractivity contribution in [2.45, 2.75) is 0 Å². The minimum Gasteiger partial charge on any atom is -0.309 e. The van der Waals surface area contributed by atoms with Crippen molar-refractivity contribution >= 4 is 64.9 Å². The highest BCUT2D eigenvalue weighted by atomic mass is 15.0. The zero-order valence-electron chi connectivity index (χ0n) is 32.0. The fourth-order valence-electron chi connectivity index (χ4n) is 9.21. The summed E-state index contributed by atoms with van der Waals surface area (Å²) >= 11 is 0. The molecule has 12 aromatic rings. The fraction of sp³-hybridized carbons (Fsp3) is 0. The van der Waals surface area contributed by atoms with Gasteiger partial charge in [0.15, 0.2) is 5.82 Å². The Bertz CT molecular complexity index is 3550. The largest absolute Gasteiger partial charge is 0.309 e. The second kappa shape index (κ2) is 13.4. The molecule has 3 heteroatoms. The van der Waals surface area contributed by atoms with Gasteiger partial charge in [-0.25, -0.2) is 9.97 Å². The quantitative estimate of drug-likeness (QED) is 0.164. The summed E-state index contributed by atoms with van der Waals surface area (Å²) in [6.07, 6.45) is 0. The van der Waals surface area contributed by atoms with Gasteiger partial charge in [-0.2, -0.15) is 0 Å². The molecule has 0 fully saturated rings. The number of hydrogen-bond donors (Lipinski definition) is 0. The molecule has 12 rings (SSSR count). The SMILES string of the molecule is c1ccc(-c2cc(-c3ccc4c(c3)c3ccccc3c3cccc(-c5ccc6c7ccccc7n(-c7ccc8ccccc8c7)c6c5)c34)nc(-c3ccccc3)n2)cc1. The van der Waals surface area contributed by atoms with Crippen molar-refractivity contribution in [3.05, 3.63) is 212 Å². The number of para-hydroxylation sites is 1. The first-order valence-electron chi connectivity index (χ1n) is 20.2. The van der Waals surface area contributed by atoms with Crippen molar-refractivity contribution in [3.63, 3.8) is 0 Å². The van der Waals surface area contributed by atoms with Crippen molar-refractivity contribution in [1.29, 1.82) is 0 Å². The van der Waals surface area contributed by atoms with Gasteiger partial charge >= 0.3 is 0 Å². The van der Waals surface area contributed by atoms with E-state index in [0.29, 0.717) is 5.82 Å². The fourth-order valence-corrected chi connectivity index (χ4v) is 9.21. The molecule has 0 aliphatic rings. The van der Waals surface area contributed by atoms with E-state index in [-0.39, 0.29) is 0 Å². The van der Waals surface area contributed by atoms with Crippen molar-refractivity contribution in [2.75, 3.05) is 0 Å². The van der Waals surface area contributed by atoms with Gasteiger partial charge in [0.2, 0.25) is 0 Å². The molecule has 2 aromatic heterocycles. The van der Waals surface area contributed by atoms with Gasteiger partial charge in [-0.1, -0.05) is 176 Å². The lowest BCUT2D eigenvalue weighted by Crippen LogP contribution is -1.96. The molecule has 2 heterocycles. The Morgan fingerprint density at radius 2 is 0.898 bits per heavy atom. The van der Waals surface area contributed by atoms with E-state index < -0.39 is 0 Å². The molecule has 0 bridgehead atoms. The van der Waals surface area contributed by atoms with E-state index in [1.165, 1.54) is 76.0 Å². The monoisotopic (exact) mass is 749 g/mol. The Morgan fingerprint density at radius 1 is 0.305 bits per heavy atom. The minimum atomic E-state index is 0.712. The van der Waals surface area contributed by atoms with Crippen LogP contribution in [-0.4, -0.2) is 14.5 Å². The Balaban J connectivity index is 1.09. The lowest BCUT2D eigenvalue weighted by atomic mass is 9.88. The minimum absolute atomic E-state index is 0.712. The molecule has 0 aliphatic carbocycles. The van der Waals surface area contributed by atoms with Crippen LogP contribution in [0, 0.1) is 0 Å². The van der Waals surface area contributed by atoms with Gasteiger partial charge in [-0.05, 0) is 90.6 Å². The number of benzene rings is 10. The lowest BCUT2D eigenvalue weighted by molar-refractivity contribution is 1.18. The number of fused-ring (bicyclic) bond motifs is 10. The molecule has 59 heavy (non-hydrogen) atoms. The highest BCUT2D eigenvalue weighted by Gasteiger charge is 2.18. The average Bonchev–Trinajstić information content (AvgIpc) is 3.65. The molecule has 0 spiro atoms. The molecule has 0 atom stereocenters. The van der Waals surface area contributed by atoms with Crippen LogP contribution in [-0.2, 0) is 0 Å². The van der Waals surface area contributed by atoms with Gasteiger partial charge in [-0.3, -0.25) is 0 Å². The molecule has 0 saturated carbocycles. The average molecular weight is 750 g/mol. The van der Waals surface area contributed by atoms with Gasteiger partial charge in [0.05, 0.1) is 22.4 Å². The summed E-state index contributed by atoms with van der Waals surface area (Å²) in [5.41, 5.74) is 10.8. The van der Waals surface area contributed by atoms with Crippen LogP contribution in [0.4, 0.5) is 0 Å². The molecule has 10 aromatic carbocycles. The Morgan fingerprint density at radius 3 is 1.71 bits per heavy atom. The maximum absolute atomic E-state index is 5.20. The molecular weight excluding hydrogens is 715 g/mol. The van der Waals surface area contributed by atoms with E-state index >= 15 is 0 Å². The van der Waals surface area contributed by atoms with Crippen LogP contribution in [0.3, 0.4) is 0 Å². The molecule has 0 N–H and O–H groups in total. The van der Waals surface area contributed by atoms with Crippen LogP contribution >= 0.6 is 0 Å². The molecule has 0 unspecified atom stereocenters. The Labute approximate surface area is 341 Å². The van der Waals surface area contributed by atoms with Gasteiger partial charge in [0, 0.05) is 33.2 Å². The van der Waals surface area contributed by atoms with Gasteiger partial charge in [0.25, 0.3) is 0 Å². The summed E-state index contributed by atoms with van der Waals surface area (Å²) in [6.45, 7) is 0. The van der Waals surface area contributed by atoms with Gasteiger partial charge in [-0.15, -0.1) is 0 Å². The van der Waals surface area contributed by atoms with E-state index in [4.69, 9.17) is 9.97 Å². The van der Waals surface area contributed by atoms with Crippen LogP contribution in [0.1, 0.15) is 0 Å². The zero-order chi connectivity index (χ0) is 38.9. The molecule has 0 aliphatic heterocycles. The number of aromatic nitrogens is 3. The maximum atomic E-state index is 5.20. The van der Waals surface area contributed by atoms with E-state index in [1.807, 2.05) is 24.3 Å². The summed E-state index contributed by atoms with van der Waals surface area (Å²) in [7, 11) is 0. The van der Waals surface area contributed by atoms with Crippen LogP contribution in [0.15, 0.2) is 212 Å². The number of nitrogens with zero attached hydrogens (tertiary/aromatic N) is 3. The Hall–Kier alpha value is -7.88. The van der Waals surface area contributed by atoms with Crippen LogP contribution in [0.2, 0.25) is 0 Å². The van der Waals surface area contributed by atoms with Crippen molar-refractivity contribution < 1.29 is 0 Å². The standard InChI is InChI=1S/C56H35N3/c1-3-15-37(16-4-1)51-35-52(58-56(57-51)38-17-5-2-6-18-38)41-28-31-49-50(33-41)45-21-10-9-20-44(45)48-24-13-23-43(55(48)49)40-27-30-47-46-22-11-12-25-53(46)59(54(47)34-40)42-29-26-36-14-7-8-19-39(36)32-42/h1-35H. The van der Waals surface area contributed by atoms with Gasteiger partial charge in [0.1, 0.15) is 0 Å². The lowest BCUT2D eigenvalue weighted by Gasteiger charge is -2.16. The summed E-state index contributed by atoms with van der Waals surface area (Å²) in [6, 6.07) is 76.4. The Kier molecular flexibility index (Phi) is 7.54. The summed E-state index contributed by atoms with van der Waals surface area (Å²) in [5.74, 6) is 0.712. The van der Waals surface area contributed by atoms with Gasteiger partial charge < -0.3 is 4.57 Å². The molecular formula is C56H35N3. The third kappa shape index (κ3) is 5.44. The smallest absolute Gasteiger partial charge is 0.160 e.